The van der Waals surface area contributed by atoms with Gasteiger partial charge in [0.1, 0.15) is 11.5 Å². The molecule has 0 saturated carbocycles. The monoisotopic (exact) mass is 359 g/mol. The predicted octanol–water partition coefficient (Wildman–Crippen LogP) is 4.89. The quantitative estimate of drug-likeness (QED) is 0.651. The Balaban J connectivity index is 1.64. The number of hydrogen-bond donors (Lipinski definition) is 0. The van der Waals surface area contributed by atoms with Gasteiger partial charge in [0.05, 0.1) is 19.9 Å². The summed E-state index contributed by atoms with van der Waals surface area (Å²) in [5, 5.41) is 0. The largest absolute Gasteiger partial charge is 0.493 e. The molecular weight excluding hydrogens is 338 g/mol. The zero-order valence-electron chi connectivity index (χ0n) is 15.4. The summed E-state index contributed by atoms with van der Waals surface area (Å²) in [5.74, 6) is 3.09. The average molecular weight is 359 g/mol. The van der Waals surface area contributed by atoms with Gasteiger partial charge in [0, 0.05) is 17.7 Å². The van der Waals surface area contributed by atoms with Gasteiger partial charge in [-0.3, -0.25) is 4.99 Å². The molecule has 1 aliphatic rings. The number of fused-ring (bicyclic) bond motifs is 1. The average Bonchev–Trinajstić information content (AvgIpc) is 2.73. The normalized spacial score (nSPS) is 12.7. The van der Waals surface area contributed by atoms with E-state index in [0.29, 0.717) is 0 Å². The fourth-order valence-corrected chi connectivity index (χ4v) is 3.27. The van der Waals surface area contributed by atoms with Crippen molar-refractivity contribution in [3.63, 3.8) is 0 Å². The molecule has 0 atom stereocenters. The Kier molecular flexibility index (Phi) is 4.79. The van der Waals surface area contributed by atoms with Gasteiger partial charge in [0.15, 0.2) is 11.5 Å². The lowest BCUT2D eigenvalue weighted by atomic mass is 9.92. The summed E-state index contributed by atoms with van der Waals surface area (Å²) in [5.41, 5.74) is 4.35. The molecule has 0 radical (unpaired) electrons. The van der Waals surface area contributed by atoms with Crippen LogP contribution in [0.1, 0.15) is 16.7 Å². The molecule has 0 N–H and O–H groups in total. The van der Waals surface area contributed by atoms with Crippen LogP contribution in [0.3, 0.4) is 0 Å². The Morgan fingerprint density at radius 2 is 1.44 bits per heavy atom. The maximum absolute atomic E-state index is 5.88. The standard InChI is InChI=1S/C23H21NO3/c1-25-21-14-17-12-13-24-23(20(17)15-22(21)26-2)16-8-10-19(11-9-16)27-18-6-4-3-5-7-18/h3-11,14-15H,12-13H2,1-2H3. The molecule has 0 bridgehead atoms. The molecule has 4 nitrogen and oxygen atoms in total. The first kappa shape index (κ1) is 17.2. The van der Waals surface area contributed by atoms with E-state index in [2.05, 4.69) is 6.07 Å². The molecule has 4 rings (SSSR count). The maximum Gasteiger partial charge on any atom is 0.161 e. The minimum atomic E-state index is 0.717. The van der Waals surface area contributed by atoms with Crippen molar-refractivity contribution in [1.82, 2.24) is 0 Å². The van der Waals surface area contributed by atoms with Crippen LogP contribution in [-0.2, 0) is 6.42 Å². The summed E-state index contributed by atoms with van der Waals surface area (Å²) in [6, 6.07) is 21.9. The Labute approximate surface area is 159 Å². The van der Waals surface area contributed by atoms with Gasteiger partial charge >= 0.3 is 0 Å². The topological polar surface area (TPSA) is 40.0 Å². The van der Waals surface area contributed by atoms with Crippen molar-refractivity contribution in [2.45, 2.75) is 6.42 Å². The van der Waals surface area contributed by atoms with E-state index in [9.17, 15) is 0 Å². The van der Waals surface area contributed by atoms with E-state index >= 15 is 0 Å². The highest BCUT2D eigenvalue weighted by molar-refractivity contribution is 6.14. The summed E-state index contributed by atoms with van der Waals surface area (Å²) >= 11 is 0. The van der Waals surface area contributed by atoms with E-state index in [4.69, 9.17) is 19.2 Å². The number of benzene rings is 3. The predicted molar refractivity (Wildman–Crippen MR) is 107 cm³/mol. The molecule has 3 aromatic rings. The van der Waals surface area contributed by atoms with Gasteiger partial charge in [0.2, 0.25) is 0 Å². The zero-order chi connectivity index (χ0) is 18.6. The number of nitrogens with zero attached hydrogens (tertiary/aromatic N) is 1. The zero-order valence-corrected chi connectivity index (χ0v) is 15.4. The molecule has 0 aliphatic carbocycles. The third kappa shape index (κ3) is 3.51. The van der Waals surface area contributed by atoms with Crippen LogP contribution in [0, 0.1) is 0 Å². The molecule has 0 fully saturated rings. The number of methoxy groups -OCH3 is 2. The number of aliphatic imine (C=N–C) groups is 1. The van der Waals surface area contributed by atoms with Gasteiger partial charge in [-0.1, -0.05) is 18.2 Å². The first-order valence-corrected chi connectivity index (χ1v) is 8.91. The first-order valence-electron chi connectivity index (χ1n) is 8.91. The molecule has 1 heterocycles. The van der Waals surface area contributed by atoms with Crippen molar-refractivity contribution >= 4 is 5.71 Å². The van der Waals surface area contributed by atoms with E-state index in [-0.39, 0.29) is 0 Å². The molecule has 1 aliphatic heterocycles. The van der Waals surface area contributed by atoms with E-state index in [0.717, 1.165) is 52.8 Å². The molecule has 3 aromatic carbocycles. The van der Waals surface area contributed by atoms with Crippen LogP contribution < -0.4 is 14.2 Å². The van der Waals surface area contributed by atoms with Crippen LogP contribution in [0.15, 0.2) is 71.7 Å². The van der Waals surface area contributed by atoms with Crippen molar-refractivity contribution in [1.29, 1.82) is 0 Å². The minimum absolute atomic E-state index is 0.717. The second-order valence-electron chi connectivity index (χ2n) is 6.28. The highest BCUT2D eigenvalue weighted by Gasteiger charge is 2.19. The third-order valence-electron chi connectivity index (χ3n) is 4.62. The smallest absolute Gasteiger partial charge is 0.161 e. The highest BCUT2D eigenvalue weighted by atomic mass is 16.5. The summed E-state index contributed by atoms with van der Waals surface area (Å²) in [6.45, 7) is 0.764. The van der Waals surface area contributed by atoms with Crippen LogP contribution in [-0.4, -0.2) is 26.5 Å². The van der Waals surface area contributed by atoms with E-state index < -0.39 is 0 Å². The lowest BCUT2D eigenvalue weighted by molar-refractivity contribution is 0.354. The van der Waals surface area contributed by atoms with Gasteiger partial charge in [-0.25, -0.2) is 0 Å². The van der Waals surface area contributed by atoms with Crippen LogP contribution in [0.2, 0.25) is 0 Å². The van der Waals surface area contributed by atoms with E-state index in [1.54, 1.807) is 14.2 Å². The van der Waals surface area contributed by atoms with Crippen molar-refractivity contribution in [2.24, 2.45) is 4.99 Å². The van der Waals surface area contributed by atoms with Crippen molar-refractivity contribution in [3.8, 4) is 23.0 Å². The first-order chi connectivity index (χ1) is 13.3. The van der Waals surface area contributed by atoms with Gasteiger partial charge in [-0.2, -0.15) is 0 Å². The Hall–Kier alpha value is -3.27. The van der Waals surface area contributed by atoms with Crippen molar-refractivity contribution < 1.29 is 14.2 Å². The summed E-state index contributed by atoms with van der Waals surface area (Å²) < 4.78 is 16.8. The third-order valence-corrected chi connectivity index (χ3v) is 4.62. The lowest BCUT2D eigenvalue weighted by Gasteiger charge is -2.20. The highest BCUT2D eigenvalue weighted by Crippen LogP contribution is 2.34. The fourth-order valence-electron chi connectivity index (χ4n) is 3.27. The number of hydrogen-bond acceptors (Lipinski definition) is 4. The van der Waals surface area contributed by atoms with Gasteiger partial charge in [-0.05, 0) is 60.5 Å². The minimum Gasteiger partial charge on any atom is -0.493 e. The second kappa shape index (κ2) is 7.54. The van der Waals surface area contributed by atoms with Crippen molar-refractivity contribution in [3.05, 3.63) is 83.4 Å². The Bertz CT molecular complexity index is 963. The van der Waals surface area contributed by atoms with Crippen LogP contribution in [0.5, 0.6) is 23.0 Å². The molecule has 0 amide bonds. The molecule has 0 aromatic heterocycles. The molecule has 4 heteroatoms. The molecule has 0 saturated heterocycles. The van der Waals surface area contributed by atoms with Crippen LogP contribution in [0.4, 0.5) is 0 Å². The molecular formula is C23H21NO3. The summed E-state index contributed by atoms with van der Waals surface area (Å²) in [4.78, 5) is 4.77. The summed E-state index contributed by atoms with van der Waals surface area (Å²) in [7, 11) is 3.31. The van der Waals surface area contributed by atoms with Crippen LogP contribution in [0.25, 0.3) is 0 Å². The molecule has 0 spiro atoms. The Morgan fingerprint density at radius 3 is 2.15 bits per heavy atom. The van der Waals surface area contributed by atoms with Gasteiger partial charge < -0.3 is 14.2 Å². The SMILES string of the molecule is COc1cc2c(cc1OC)C(c1ccc(Oc3ccccc3)cc1)=NCC2. The number of rotatable bonds is 5. The van der Waals surface area contributed by atoms with Crippen LogP contribution >= 0.6 is 0 Å². The van der Waals surface area contributed by atoms with Gasteiger partial charge in [-0.15, -0.1) is 0 Å². The molecule has 0 unspecified atom stereocenters. The maximum atomic E-state index is 5.88. The fraction of sp³-hybridized carbons (Fsp3) is 0.174. The number of para-hydroxylation sites is 1. The van der Waals surface area contributed by atoms with E-state index in [1.165, 1.54) is 5.56 Å². The van der Waals surface area contributed by atoms with Crippen molar-refractivity contribution in [2.75, 3.05) is 20.8 Å². The Morgan fingerprint density at radius 1 is 0.778 bits per heavy atom. The van der Waals surface area contributed by atoms with E-state index in [1.807, 2.05) is 60.7 Å². The molecule has 27 heavy (non-hydrogen) atoms. The summed E-state index contributed by atoms with van der Waals surface area (Å²) in [6.07, 6.45) is 0.897. The van der Waals surface area contributed by atoms with Gasteiger partial charge in [0.25, 0.3) is 0 Å². The molecule has 136 valence electrons. The second-order valence-corrected chi connectivity index (χ2v) is 6.28. The lowest BCUT2D eigenvalue weighted by Crippen LogP contribution is -2.14. The number of ether oxygens (including phenoxy) is 3.